The number of hydrogen-bond donors (Lipinski definition) is 2. The first kappa shape index (κ1) is 20.1. The molecule has 3 fully saturated rings. The van der Waals surface area contributed by atoms with Gasteiger partial charge in [0.2, 0.25) is 17.7 Å². The van der Waals surface area contributed by atoms with Crippen LogP contribution in [0.15, 0.2) is 12.1 Å². The van der Waals surface area contributed by atoms with Gasteiger partial charge in [0.05, 0.1) is 11.8 Å². The molecule has 160 valence electrons. The van der Waals surface area contributed by atoms with Gasteiger partial charge in [-0.1, -0.05) is 30.5 Å². The van der Waals surface area contributed by atoms with Gasteiger partial charge in [0.25, 0.3) is 0 Å². The van der Waals surface area contributed by atoms with Gasteiger partial charge in [0.1, 0.15) is 5.54 Å². The van der Waals surface area contributed by atoms with E-state index in [4.69, 9.17) is 0 Å². The van der Waals surface area contributed by atoms with Crippen molar-refractivity contribution in [3.8, 4) is 0 Å². The van der Waals surface area contributed by atoms with E-state index < -0.39 is 17.4 Å². The molecular formula is C23H29N3O3S. The van der Waals surface area contributed by atoms with Crippen molar-refractivity contribution in [2.24, 2.45) is 11.8 Å². The number of anilines is 1. The molecule has 3 amide bonds. The highest BCUT2D eigenvalue weighted by Gasteiger charge is 2.70. The number of hydrogen-bond acceptors (Lipinski definition) is 5. The third-order valence-corrected chi connectivity index (χ3v) is 8.17. The highest BCUT2D eigenvalue weighted by Crippen LogP contribution is 2.55. The Morgan fingerprint density at radius 3 is 2.57 bits per heavy atom. The summed E-state index contributed by atoms with van der Waals surface area (Å²) in [6.45, 7) is 3.99. The molecule has 4 atom stereocenters. The summed E-state index contributed by atoms with van der Waals surface area (Å²) < 4.78 is 0. The molecule has 1 spiro atoms. The van der Waals surface area contributed by atoms with E-state index >= 15 is 0 Å². The second-order valence-corrected chi connectivity index (χ2v) is 10.3. The number of carbonyl (C=O) groups excluding carboxylic acids is 3. The van der Waals surface area contributed by atoms with E-state index in [9.17, 15) is 14.4 Å². The molecule has 2 N–H and O–H groups in total. The zero-order chi connectivity index (χ0) is 21.2. The van der Waals surface area contributed by atoms with Crippen LogP contribution in [0.25, 0.3) is 0 Å². The minimum Gasteiger partial charge on any atom is -0.324 e. The molecule has 0 unspecified atom stereocenters. The van der Waals surface area contributed by atoms with Crippen molar-refractivity contribution in [2.45, 2.75) is 63.6 Å². The van der Waals surface area contributed by atoms with Crippen molar-refractivity contribution in [2.75, 3.05) is 17.3 Å². The van der Waals surface area contributed by atoms with Crippen LogP contribution in [0.4, 0.5) is 5.69 Å². The molecule has 1 aromatic carbocycles. The van der Waals surface area contributed by atoms with Gasteiger partial charge in [-0.15, -0.1) is 0 Å². The largest absolute Gasteiger partial charge is 0.324 e. The van der Waals surface area contributed by atoms with Gasteiger partial charge in [-0.3, -0.25) is 24.6 Å². The van der Waals surface area contributed by atoms with Crippen molar-refractivity contribution < 1.29 is 14.4 Å². The van der Waals surface area contributed by atoms with E-state index in [0.29, 0.717) is 0 Å². The Kier molecular flexibility index (Phi) is 4.74. The maximum atomic E-state index is 13.8. The first-order valence-corrected chi connectivity index (χ1v) is 12.4. The smallest absolute Gasteiger partial charge is 0.250 e. The summed E-state index contributed by atoms with van der Waals surface area (Å²) in [6, 6.07) is 3.87. The molecule has 3 heterocycles. The van der Waals surface area contributed by atoms with Crippen LogP contribution in [0.5, 0.6) is 0 Å². The second kappa shape index (κ2) is 7.09. The van der Waals surface area contributed by atoms with Crippen molar-refractivity contribution in [1.82, 2.24) is 10.2 Å². The number of carbonyl (C=O) groups is 3. The molecule has 2 saturated heterocycles. The van der Waals surface area contributed by atoms with Crippen LogP contribution >= 0.6 is 11.8 Å². The van der Waals surface area contributed by atoms with Crippen LogP contribution in [0.3, 0.4) is 0 Å². The van der Waals surface area contributed by atoms with Gasteiger partial charge in [-0.2, -0.15) is 11.8 Å². The number of imide groups is 1. The van der Waals surface area contributed by atoms with Crippen molar-refractivity contribution in [3.05, 3.63) is 28.8 Å². The molecule has 5 rings (SSSR count). The number of benzene rings is 1. The molecule has 1 aliphatic carbocycles. The SMILES string of the molecule is CSCC[C@@H]1N[C@@]2(C(=O)Nc3c(C)cc(C)cc32)[C@@H]2C(=O)N(C3CCCC3)C(=O)[C@H]12. The van der Waals surface area contributed by atoms with Crippen LogP contribution in [0, 0.1) is 25.7 Å². The summed E-state index contributed by atoms with van der Waals surface area (Å²) >= 11 is 1.72. The Bertz CT molecular complexity index is 942. The zero-order valence-electron chi connectivity index (χ0n) is 17.8. The minimum absolute atomic E-state index is 0.00275. The predicted octanol–water partition coefficient (Wildman–Crippen LogP) is 2.72. The molecule has 1 aromatic rings. The summed E-state index contributed by atoms with van der Waals surface area (Å²) in [5, 5.41) is 6.59. The zero-order valence-corrected chi connectivity index (χ0v) is 18.6. The fourth-order valence-corrected chi connectivity index (χ4v) is 6.79. The van der Waals surface area contributed by atoms with E-state index in [2.05, 4.69) is 10.6 Å². The molecule has 7 heteroatoms. The first-order valence-electron chi connectivity index (χ1n) is 11.0. The monoisotopic (exact) mass is 427 g/mol. The number of rotatable bonds is 4. The molecule has 1 saturated carbocycles. The molecule has 0 radical (unpaired) electrons. The highest BCUT2D eigenvalue weighted by atomic mass is 32.2. The van der Waals surface area contributed by atoms with Crippen molar-refractivity contribution >= 4 is 35.2 Å². The fourth-order valence-electron chi connectivity index (χ4n) is 6.30. The van der Waals surface area contributed by atoms with E-state index in [0.717, 1.165) is 60.2 Å². The molecular weight excluding hydrogens is 398 g/mol. The summed E-state index contributed by atoms with van der Waals surface area (Å²) in [6.07, 6.45) is 6.67. The van der Waals surface area contributed by atoms with Gasteiger partial charge < -0.3 is 5.32 Å². The number of nitrogens with zero attached hydrogens (tertiary/aromatic N) is 1. The molecule has 6 nitrogen and oxygen atoms in total. The predicted molar refractivity (Wildman–Crippen MR) is 117 cm³/mol. The number of aryl methyl sites for hydroxylation is 2. The topological polar surface area (TPSA) is 78.5 Å². The van der Waals surface area contributed by atoms with E-state index in [1.165, 1.54) is 0 Å². The number of thioether (sulfide) groups is 1. The van der Waals surface area contributed by atoms with Gasteiger partial charge >= 0.3 is 0 Å². The molecule has 3 aliphatic heterocycles. The summed E-state index contributed by atoms with van der Waals surface area (Å²) in [5.41, 5.74) is 2.52. The third-order valence-electron chi connectivity index (χ3n) is 7.52. The lowest BCUT2D eigenvalue weighted by Crippen LogP contribution is -2.54. The molecule has 4 aliphatic rings. The van der Waals surface area contributed by atoms with E-state index in [-0.39, 0.29) is 29.8 Å². The van der Waals surface area contributed by atoms with Gasteiger partial charge in [0, 0.05) is 23.3 Å². The lowest BCUT2D eigenvalue weighted by Gasteiger charge is -2.31. The van der Waals surface area contributed by atoms with Crippen LogP contribution in [0.1, 0.15) is 48.8 Å². The third kappa shape index (κ3) is 2.57. The Hall–Kier alpha value is -1.86. The Morgan fingerprint density at radius 1 is 1.13 bits per heavy atom. The number of nitrogens with one attached hydrogen (secondary N) is 2. The minimum atomic E-state index is -1.15. The summed E-state index contributed by atoms with van der Waals surface area (Å²) in [5.74, 6) is -0.676. The lowest BCUT2D eigenvalue weighted by atomic mass is 9.76. The van der Waals surface area contributed by atoms with Crippen LogP contribution in [0.2, 0.25) is 0 Å². The van der Waals surface area contributed by atoms with Crippen LogP contribution in [-0.4, -0.2) is 46.7 Å². The molecule has 0 aromatic heterocycles. The van der Waals surface area contributed by atoms with Gasteiger partial charge in [-0.25, -0.2) is 0 Å². The maximum absolute atomic E-state index is 13.8. The fraction of sp³-hybridized carbons (Fsp3) is 0.609. The first-order chi connectivity index (χ1) is 14.4. The normalized spacial score (nSPS) is 33.0. The molecule has 0 bridgehead atoms. The van der Waals surface area contributed by atoms with Gasteiger partial charge in [0.15, 0.2) is 0 Å². The summed E-state index contributed by atoms with van der Waals surface area (Å²) in [4.78, 5) is 42.4. The number of fused-ring (bicyclic) bond motifs is 4. The van der Waals surface area contributed by atoms with Crippen molar-refractivity contribution in [3.63, 3.8) is 0 Å². The maximum Gasteiger partial charge on any atom is 0.250 e. The standard InChI is InChI=1S/C23H29N3O3S/c1-12-10-13(2)19-15(11-12)23(22(29)24-19)18-17(16(25-23)8-9-30-3)20(27)26(21(18)28)14-6-4-5-7-14/h10-11,14,16-18,25H,4-9H2,1-3H3,(H,24,29)/t16-,17+,18-,23+/m0/s1. The molecule has 30 heavy (non-hydrogen) atoms. The Labute approximate surface area is 181 Å². The van der Waals surface area contributed by atoms with Crippen molar-refractivity contribution in [1.29, 1.82) is 0 Å². The number of amides is 3. The average Bonchev–Trinajstić information content (AvgIpc) is 3.44. The summed E-state index contributed by atoms with van der Waals surface area (Å²) in [7, 11) is 0. The lowest BCUT2D eigenvalue weighted by molar-refractivity contribution is -0.145. The second-order valence-electron chi connectivity index (χ2n) is 9.29. The highest BCUT2D eigenvalue weighted by molar-refractivity contribution is 7.98. The Balaban J connectivity index is 1.65. The number of likely N-dealkylation sites (tertiary alicyclic amines) is 1. The average molecular weight is 428 g/mol. The van der Waals surface area contributed by atoms with Crippen LogP contribution < -0.4 is 10.6 Å². The van der Waals surface area contributed by atoms with Crippen LogP contribution in [-0.2, 0) is 19.9 Å². The van der Waals surface area contributed by atoms with E-state index in [1.54, 1.807) is 16.7 Å². The quantitative estimate of drug-likeness (QED) is 0.723. The van der Waals surface area contributed by atoms with E-state index in [1.807, 2.05) is 32.2 Å². The van der Waals surface area contributed by atoms with Gasteiger partial charge in [-0.05, 0) is 50.7 Å². The Morgan fingerprint density at radius 2 is 1.87 bits per heavy atom.